The van der Waals surface area contributed by atoms with Crippen LogP contribution in [-0.2, 0) is 4.79 Å². The Morgan fingerprint density at radius 2 is 1.66 bits per heavy atom. The Hall–Kier alpha value is -4.60. The summed E-state index contributed by atoms with van der Waals surface area (Å²) in [5, 5.41) is 7.32. The van der Waals surface area contributed by atoms with Gasteiger partial charge in [-0.15, -0.1) is 0 Å². The normalized spacial score (nSPS) is 12.9. The maximum Gasteiger partial charge on any atom is 0.261 e. The molecule has 5 rings (SSSR count). The highest BCUT2D eigenvalue weighted by atomic mass is 16.2. The zero-order chi connectivity index (χ0) is 22.2. The molecule has 0 spiro atoms. The molecule has 1 aliphatic heterocycles. The Morgan fingerprint density at radius 3 is 2.34 bits per heavy atom. The van der Waals surface area contributed by atoms with Gasteiger partial charge in [0.25, 0.3) is 17.4 Å². The van der Waals surface area contributed by atoms with Crippen LogP contribution < -0.4 is 10.9 Å². The molecule has 0 saturated heterocycles. The number of anilines is 1. The topological polar surface area (TPSA) is 130 Å². The van der Waals surface area contributed by atoms with E-state index in [2.05, 4.69) is 20.4 Å². The molecule has 10 heteroatoms. The van der Waals surface area contributed by atoms with Gasteiger partial charge in [-0.1, -0.05) is 12.1 Å². The lowest BCUT2D eigenvalue weighted by Crippen LogP contribution is -2.32. The van der Waals surface area contributed by atoms with Gasteiger partial charge in [-0.3, -0.25) is 24.1 Å². The van der Waals surface area contributed by atoms with Gasteiger partial charge in [-0.05, 0) is 36.4 Å². The van der Waals surface area contributed by atoms with Gasteiger partial charge in [0.15, 0.2) is 5.65 Å². The molecular formula is C22H16N6O4. The summed E-state index contributed by atoms with van der Waals surface area (Å²) in [6, 6.07) is 13.4. The first-order valence-electron chi connectivity index (χ1n) is 9.80. The average Bonchev–Trinajstić information content (AvgIpc) is 3.34. The lowest BCUT2D eigenvalue weighted by Gasteiger charge is -2.13. The number of nitrogens with zero attached hydrogens (tertiary/aromatic N) is 4. The number of amides is 3. The molecule has 158 valence electrons. The van der Waals surface area contributed by atoms with Crippen molar-refractivity contribution in [2.45, 2.75) is 6.42 Å². The van der Waals surface area contributed by atoms with Crippen LogP contribution in [0.2, 0.25) is 0 Å². The molecular weight excluding hydrogens is 412 g/mol. The third kappa shape index (κ3) is 3.23. The monoisotopic (exact) mass is 428 g/mol. The summed E-state index contributed by atoms with van der Waals surface area (Å²) in [7, 11) is 0. The molecule has 3 amide bonds. The number of fused-ring (bicyclic) bond motifs is 2. The predicted octanol–water partition coefficient (Wildman–Crippen LogP) is 1.73. The highest BCUT2D eigenvalue weighted by Crippen LogP contribution is 2.22. The van der Waals surface area contributed by atoms with Crippen LogP contribution in [0, 0.1) is 0 Å². The minimum Gasteiger partial charge on any atom is -0.326 e. The molecule has 2 aromatic heterocycles. The quantitative estimate of drug-likeness (QED) is 0.466. The number of aromatic amines is 1. The molecule has 4 aromatic rings. The second-order valence-corrected chi connectivity index (χ2v) is 7.18. The van der Waals surface area contributed by atoms with Gasteiger partial charge in [0.1, 0.15) is 5.39 Å². The fraction of sp³-hybridized carbons (Fsp3) is 0.0909. The number of rotatable bonds is 5. The van der Waals surface area contributed by atoms with Crippen LogP contribution >= 0.6 is 0 Å². The van der Waals surface area contributed by atoms with Crippen molar-refractivity contribution in [1.82, 2.24) is 24.6 Å². The SMILES string of the molecule is O=C(CCN1C(=O)c2ccccc2C1=O)Nc1ccc(-n2ncc3c(=O)[nH]cnc32)cc1. The molecule has 0 bridgehead atoms. The first kappa shape index (κ1) is 19.4. The minimum absolute atomic E-state index is 0.00421. The summed E-state index contributed by atoms with van der Waals surface area (Å²) < 4.78 is 1.53. The third-order valence-electron chi connectivity index (χ3n) is 5.21. The largest absolute Gasteiger partial charge is 0.326 e. The lowest BCUT2D eigenvalue weighted by atomic mass is 10.1. The van der Waals surface area contributed by atoms with Gasteiger partial charge in [0.05, 0.1) is 29.3 Å². The second-order valence-electron chi connectivity index (χ2n) is 7.18. The molecule has 2 aromatic carbocycles. The number of imide groups is 1. The van der Waals surface area contributed by atoms with Crippen molar-refractivity contribution in [3.05, 3.63) is 82.5 Å². The van der Waals surface area contributed by atoms with Gasteiger partial charge in [-0.25, -0.2) is 9.67 Å². The van der Waals surface area contributed by atoms with Gasteiger partial charge in [0, 0.05) is 18.7 Å². The van der Waals surface area contributed by atoms with E-state index in [1.807, 2.05) is 0 Å². The average molecular weight is 428 g/mol. The van der Waals surface area contributed by atoms with Crippen molar-refractivity contribution < 1.29 is 14.4 Å². The van der Waals surface area contributed by atoms with Crippen LogP contribution in [0.3, 0.4) is 0 Å². The molecule has 0 radical (unpaired) electrons. The van der Waals surface area contributed by atoms with Crippen molar-refractivity contribution in [3.8, 4) is 5.69 Å². The number of aromatic nitrogens is 4. The minimum atomic E-state index is -0.387. The van der Waals surface area contributed by atoms with Gasteiger partial charge in [-0.2, -0.15) is 5.10 Å². The lowest BCUT2D eigenvalue weighted by molar-refractivity contribution is -0.116. The fourth-order valence-corrected chi connectivity index (χ4v) is 3.61. The number of H-pyrrole nitrogens is 1. The van der Waals surface area contributed by atoms with E-state index >= 15 is 0 Å². The van der Waals surface area contributed by atoms with E-state index in [0.29, 0.717) is 33.5 Å². The standard InChI is InChI=1S/C22H16N6O4/c29-18(9-10-27-21(31)15-3-1-2-4-16(15)22(27)32)26-13-5-7-14(8-6-13)28-19-17(11-25-28)20(30)24-12-23-19/h1-8,11-12H,9-10H2,(H,26,29)(H,23,24,30). The molecule has 10 nitrogen and oxygen atoms in total. The molecule has 2 N–H and O–H groups in total. The summed E-state index contributed by atoms with van der Waals surface area (Å²) >= 11 is 0. The van der Waals surface area contributed by atoms with E-state index in [-0.39, 0.29) is 36.2 Å². The van der Waals surface area contributed by atoms with Crippen LogP contribution in [0.15, 0.2) is 65.8 Å². The van der Waals surface area contributed by atoms with Crippen molar-refractivity contribution in [2.24, 2.45) is 0 Å². The van der Waals surface area contributed by atoms with Gasteiger partial charge >= 0.3 is 0 Å². The molecule has 32 heavy (non-hydrogen) atoms. The smallest absolute Gasteiger partial charge is 0.261 e. The van der Waals surface area contributed by atoms with Gasteiger partial charge in [0.2, 0.25) is 5.91 Å². The third-order valence-corrected chi connectivity index (χ3v) is 5.21. The van der Waals surface area contributed by atoms with E-state index in [4.69, 9.17) is 0 Å². The van der Waals surface area contributed by atoms with E-state index in [1.165, 1.54) is 17.2 Å². The number of nitrogens with one attached hydrogen (secondary N) is 2. The Kier molecular flexibility index (Phi) is 4.59. The highest BCUT2D eigenvalue weighted by molar-refractivity contribution is 6.21. The number of carbonyl (C=O) groups excluding carboxylic acids is 3. The zero-order valence-electron chi connectivity index (χ0n) is 16.6. The fourth-order valence-electron chi connectivity index (χ4n) is 3.61. The first-order chi connectivity index (χ1) is 15.5. The molecule has 1 aliphatic rings. The Morgan fingerprint density at radius 1 is 0.969 bits per heavy atom. The summed E-state index contributed by atoms with van der Waals surface area (Å²) in [6.45, 7) is -0.00421. The summed E-state index contributed by atoms with van der Waals surface area (Å²) in [4.78, 5) is 56.7. The molecule has 0 aliphatic carbocycles. The first-order valence-corrected chi connectivity index (χ1v) is 9.80. The van der Waals surface area contributed by atoms with Crippen LogP contribution in [0.4, 0.5) is 5.69 Å². The molecule has 3 heterocycles. The summed E-state index contributed by atoms with van der Waals surface area (Å²) in [6.07, 6.45) is 2.73. The molecule has 0 unspecified atom stereocenters. The van der Waals surface area contributed by atoms with E-state index in [9.17, 15) is 19.2 Å². The van der Waals surface area contributed by atoms with Gasteiger partial charge < -0.3 is 10.3 Å². The van der Waals surface area contributed by atoms with Crippen molar-refractivity contribution in [2.75, 3.05) is 11.9 Å². The summed E-state index contributed by atoms with van der Waals surface area (Å²) in [5.74, 6) is -1.10. The number of hydrogen-bond donors (Lipinski definition) is 2. The maximum atomic E-state index is 12.4. The number of benzene rings is 2. The maximum absolute atomic E-state index is 12.4. The highest BCUT2D eigenvalue weighted by Gasteiger charge is 2.34. The van der Waals surface area contributed by atoms with E-state index < -0.39 is 0 Å². The Balaban J connectivity index is 1.24. The van der Waals surface area contributed by atoms with Crippen LogP contribution in [0.5, 0.6) is 0 Å². The molecule has 0 saturated carbocycles. The van der Waals surface area contributed by atoms with E-state index in [0.717, 1.165) is 4.90 Å². The van der Waals surface area contributed by atoms with Crippen molar-refractivity contribution in [1.29, 1.82) is 0 Å². The summed E-state index contributed by atoms with van der Waals surface area (Å²) in [5.41, 5.74) is 2.08. The Bertz CT molecular complexity index is 1400. The number of carbonyl (C=O) groups is 3. The van der Waals surface area contributed by atoms with E-state index in [1.54, 1.807) is 48.5 Å². The van der Waals surface area contributed by atoms with Crippen molar-refractivity contribution in [3.63, 3.8) is 0 Å². The van der Waals surface area contributed by atoms with Crippen LogP contribution in [-0.4, -0.2) is 48.9 Å². The van der Waals surface area contributed by atoms with Crippen LogP contribution in [0.25, 0.3) is 16.7 Å². The van der Waals surface area contributed by atoms with Crippen LogP contribution in [0.1, 0.15) is 27.1 Å². The molecule has 0 fully saturated rings. The number of hydrogen-bond acceptors (Lipinski definition) is 6. The Labute approximate surface area is 180 Å². The molecule has 0 atom stereocenters. The van der Waals surface area contributed by atoms with Crippen molar-refractivity contribution >= 4 is 34.4 Å². The predicted molar refractivity (Wildman–Crippen MR) is 115 cm³/mol. The zero-order valence-corrected chi connectivity index (χ0v) is 16.6. The second kappa shape index (κ2) is 7.58.